The van der Waals surface area contributed by atoms with Crippen LogP contribution >= 0.6 is 0 Å². The average Bonchev–Trinajstić information content (AvgIpc) is 2.54. The summed E-state index contributed by atoms with van der Waals surface area (Å²) < 4.78 is 37.9. The third-order valence-corrected chi connectivity index (χ3v) is 3.86. The number of fused-ring (bicyclic) bond motifs is 1. The SMILES string of the molecule is O=C1CN(CCO)c2cc(-c3ccc(C(F)(F)F)cc3)ccc2N1. The number of benzene rings is 2. The lowest BCUT2D eigenvalue weighted by Gasteiger charge is -2.30. The molecule has 0 atom stereocenters. The molecule has 0 radical (unpaired) electrons. The molecule has 2 N–H and O–H groups in total. The number of aliphatic hydroxyl groups excluding tert-OH is 1. The Morgan fingerprint density at radius 1 is 1.08 bits per heavy atom. The topological polar surface area (TPSA) is 52.6 Å². The fraction of sp³-hybridized carbons (Fsp3) is 0.235. The molecule has 3 rings (SSSR count). The Morgan fingerprint density at radius 3 is 2.38 bits per heavy atom. The van der Waals surface area contributed by atoms with Gasteiger partial charge in [-0.3, -0.25) is 4.79 Å². The van der Waals surface area contributed by atoms with Gasteiger partial charge in [0.25, 0.3) is 0 Å². The molecule has 1 aliphatic heterocycles. The standard InChI is InChI=1S/C17H15F3N2O2/c18-17(19,20)13-4-1-11(2-5-13)12-3-6-14-15(9-12)22(7-8-23)10-16(24)21-14/h1-6,9,23H,7-8,10H2,(H,21,24). The Bertz CT molecular complexity index is 757. The van der Waals surface area contributed by atoms with Crippen molar-refractivity contribution in [2.45, 2.75) is 6.18 Å². The highest BCUT2D eigenvalue weighted by Crippen LogP contribution is 2.35. The Balaban J connectivity index is 1.96. The summed E-state index contributed by atoms with van der Waals surface area (Å²) in [6, 6.07) is 10.2. The molecule has 1 aliphatic rings. The first-order valence-corrected chi connectivity index (χ1v) is 7.36. The summed E-state index contributed by atoms with van der Waals surface area (Å²) >= 11 is 0. The second-order valence-electron chi connectivity index (χ2n) is 5.50. The van der Waals surface area contributed by atoms with Crippen LogP contribution in [0.5, 0.6) is 0 Å². The molecule has 0 aliphatic carbocycles. The molecule has 24 heavy (non-hydrogen) atoms. The van der Waals surface area contributed by atoms with Crippen molar-refractivity contribution in [2.75, 3.05) is 29.9 Å². The van der Waals surface area contributed by atoms with Gasteiger partial charge in [0, 0.05) is 6.54 Å². The quantitative estimate of drug-likeness (QED) is 0.905. The van der Waals surface area contributed by atoms with Gasteiger partial charge < -0.3 is 15.3 Å². The number of nitrogens with zero attached hydrogens (tertiary/aromatic N) is 1. The van der Waals surface area contributed by atoms with Gasteiger partial charge in [-0.25, -0.2) is 0 Å². The van der Waals surface area contributed by atoms with Crippen LogP contribution < -0.4 is 10.2 Å². The van der Waals surface area contributed by atoms with E-state index < -0.39 is 11.7 Å². The Morgan fingerprint density at radius 2 is 1.75 bits per heavy atom. The molecule has 0 spiro atoms. The maximum atomic E-state index is 12.6. The summed E-state index contributed by atoms with van der Waals surface area (Å²) in [5, 5.41) is 11.9. The van der Waals surface area contributed by atoms with E-state index in [1.807, 2.05) is 0 Å². The number of aliphatic hydroxyl groups is 1. The molecule has 126 valence electrons. The van der Waals surface area contributed by atoms with Crippen molar-refractivity contribution in [3.63, 3.8) is 0 Å². The summed E-state index contributed by atoms with van der Waals surface area (Å²) in [6.07, 6.45) is -4.36. The molecule has 0 aromatic heterocycles. The maximum absolute atomic E-state index is 12.6. The lowest BCUT2D eigenvalue weighted by molar-refractivity contribution is -0.137. The van der Waals surface area contributed by atoms with Gasteiger partial charge in [0.05, 0.1) is 30.1 Å². The number of amides is 1. The van der Waals surface area contributed by atoms with Gasteiger partial charge in [-0.1, -0.05) is 18.2 Å². The molecule has 0 bridgehead atoms. The van der Waals surface area contributed by atoms with E-state index in [1.165, 1.54) is 12.1 Å². The number of alkyl halides is 3. The van der Waals surface area contributed by atoms with Crippen molar-refractivity contribution < 1.29 is 23.1 Å². The molecule has 0 unspecified atom stereocenters. The van der Waals surface area contributed by atoms with Crippen molar-refractivity contribution in [3.05, 3.63) is 48.0 Å². The maximum Gasteiger partial charge on any atom is 0.416 e. The van der Waals surface area contributed by atoms with Crippen LogP contribution in [0.25, 0.3) is 11.1 Å². The van der Waals surface area contributed by atoms with Crippen LogP contribution in [0, 0.1) is 0 Å². The first kappa shape index (κ1) is 16.3. The van der Waals surface area contributed by atoms with Crippen molar-refractivity contribution in [3.8, 4) is 11.1 Å². The smallest absolute Gasteiger partial charge is 0.395 e. The van der Waals surface area contributed by atoms with Crippen LogP contribution in [-0.4, -0.2) is 30.7 Å². The van der Waals surface area contributed by atoms with E-state index in [-0.39, 0.29) is 19.1 Å². The van der Waals surface area contributed by atoms with Crippen LogP contribution in [-0.2, 0) is 11.0 Å². The van der Waals surface area contributed by atoms with Crippen LogP contribution in [0.15, 0.2) is 42.5 Å². The molecule has 1 amide bonds. The van der Waals surface area contributed by atoms with E-state index in [9.17, 15) is 18.0 Å². The molecule has 2 aromatic rings. The number of anilines is 2. The van der Waals surface area contributed by atoms with Gasteiger partial charge in [0.2, 0.25) is 5.91 Å². The third kappa shape index (κ3) is 3.21. The largest absolute Gasteiger partial charge is 0.416 e. The summed E-state index contributed by atoms with van der Waals surface area (Å²) in [4.78, 5) is 13.4. The number of nitrogens with one attached hydrogen (secondary N) is 1. The zero-order chi connectivity index (χ0) is 17.3. The van der Waals surface area contributed by atoms with E-state index in [0.717, 1.165) is 23.4 Å². The minimum atomic E-state index is -4.36. The minimum absolute atomic E-state index is 0.1000. The predicted octanol–water partition coefficient (Wildman–Crippen LogP) is 3.12. The lowest BCUT2D eigenvalue weighted by atomic mass is 10.0. The van der Waals surface area contributed by atoms with Gasteiger partial charge in [-0.15, -0.1) is 0 Å². The second kappa shape index (κ2) is 6.16. The fourth-order valence-electron chi connectivity index (χ4n) is 2.70. The van der Waals surface area contributed by atoms with Gasteiger partial charge in [0.1, 0.15) is 0 Å². The van der Waals surface area contributed by atoms with Crippen LogP contribution in [0.2, 0.25) is 0 Å². The molecule has 0 fully saturated rings. The lowest BCUT2D eigenvalue weighted by Crippen LogP contribution is -2.39. The number of carbonyl (C=O) groups is 1. The van der Waals surface area contributed by atoms with E-state index in [2.05, 4.69) is 5.32 Å². The molecular weight excluding hydrogens is 321 g/mol. The molecule has 4 nitrogen and oxygen atoms in total. The number of β-amino-alcohol motifs (C(OH)–C–C–N with tert-alkyl or cyclic N) is 1. The van der Waals surface area contributed by atoms with Crippen LogP contribution in [0.1, 0.15) is 5.56 Å². The van der Waals surface area contributed by atoms with E-state index in [4.69, 9.17) is 5.11 Å². The molecular formula is C17H15F3N2O2. The Kier molecular flexibility index (Phi) is 4.19. The zero-order valence-corrected chi connectivity index (χ0v) is 12.6. The minimum Gasteiger partial charge on any atom is -0.395 e. The number of hydrogen-bond acceptors (Lipinski definition) is 3. The Hall–Kier alpha value is -2.54. The second-order valence-corrected chi connectivity index (χ2v) is 5.50. The molecule has 0 saturated carbocycles. The van der Waals surface area contributed by atoms with E-state index in [0.29, 0.717) is 17.8 Å². The van der Waals surface area contributed by atoms with Gasteiger partial charge in [0.15, 0.2) is 0 Å². The fourth-order valence-corrected chi connectivity index (χ4v) is 2.70. The van der Waals surface area contributed by atoms with Crippen molar-refractivity contribution >= 4 is 17.3 Å². The number of carbonyl (C=O) groups excluding carboxylic acids is 1. The monoisotopic (exact) mass is 336 g/mol. The van der Waals surface area contributed by atoms with Crippen LogP contribution in [0.4, 0.5) is 24.5 Å². The van der Waals surface area contributed by atoms with Gasteiger partial charge in [-0.2, -0.15) is 13.2 Å². The highest BCUT2D eigenvalue weighted by Gasteiger charge is 2.30. The van der Waals surface area contributed by atoms with Gasteiger partial charge >= 0.3 is 6.18 Å². The number of halogens is 3. The van der Waals surface area contributed by atoms with Crippen molar-refractivity contribution in [2.24, 2.45) is 0 Å². The molecule has 0 saturated heterocycles. The summed E-state index contributed by atoms with van der Waals surface area (Å²) in [7, 11) is 0. The molecule has 2 aromatic carbocycles. The third-order valence-electron chi connectivity index (χ3n) is 3.86. The first-order valence-electron chi connectivity index (χ1n) is 7.36. The number of hydrogen-bond donors (Lipinski definition) is 2. The predicted molar refractivity (Wildman–Crippen MR) is 84.8 cm³/mol. The zero-order valence-electron chi connectivity index (χ0n) is 12.6. The highest BCUT2D eigenvalue weighted by atomic mass is 19.4. The summed E-state index contributed by atoms with van der Waals surface area (Å²) in [6.45, 7) is 0.331. The Labute approximate surface area is 136 Å². The van der Waals surface area contributed by atoms with Crippen molar-refractivity contribution in [1.82, 2.24) is 0 Å². The van der Waals surface area contributed by atoms with Crippen LogP contribution in [0.3, 0.4) is 0 Å². The van der Waals surface area contributed by atoms with E-state index in [1.54, 1.807) is 23.1 Å². The number of rotatable bonds is 3. The normalized spacial score (nSPS) is 14.3. The van der Waals surface area contributed by atoms with Gasteiger partial charge in [-0.05, 0) is 35.4 Å². The first-order chi connectivity index (χ1) is 11.4. The highest BCUT2D eigenvalue weighted by molar-refractivity contribution is 6.01. The summed E-state index contributed by atoms with van der Waals surface area (Å²) in [5.41, 5.74) is 2.04. The molecule has 1 heterocycles. The molecule has 7 heteroatoms. The average molecular weight is 336 g/mol. The van der Waals surface area contributed by atoms with Crippen molar-refractivity contribution in [1.29, 1.82) is 0 Å². The van der Waals surface area contributed by atoms with E-state index >= 15 is 0 Å². The summed E-state index contributed by atoms with van der Waals surface area (Å²) in [5.74, 6) is -0.168.